The second kappa shape index (κ2) is 8.94. The molecule has 0 saturated heterocycles. The Bertz CT molecular complexity index is 1000. The van der Waals surface area contributed by atoms with E-state index in [1.807, 2.05) is 0 Å². The highest BCUT2D eigenvalue weighted by Gasteiger charge is 2.36. The van der Waals surface area contributed by atoms with Crippen LogP contribution in [0.1, 0.15) is 50.9 Å². The molecule has 0 fully saturated rings. The summed E-state index contributed by atoms with van der Waals surface area (Å²) in [5, 5.41) is 0. The van der Waals surface area contributed by atoms with Gasteiger partial charge in [-0.2, -0.15) is 0 Å². The number of benzene rings is 4. The van der Waals surface area contributed by atoms with E-state index in [0.717, 1.165) is 12.8 Å². The van der Waals surface area contributed by atoms with Gasteiger partial charge in [0.05, 0.1) is 0 Å². The molecule has 0 saturated carbocycles. The van der Waals surface area contributed by atoms with E-state index in [-0.39, 0.29) is 5.41 Å². The van der Waals surface area contributed by atoms with Gasteiger partial charge in [-0.3, -0.25) is 0 Å². The summed E-state index contributed by atoms with van der Waals surface area (Å²) in [5.41, 5.74) is 10.5. The lowest BCUT2D eigenvalue weighted by atomic mass is 9.66. The smallest absolute Gasteiger partial charge is 0.0454 e. The van der Waals surface area contributed by atoms with Crippen LogP contribution in [0.5, 0.6) is 0 Å². The van der Waals surface area contributed by atoms with Crippen LogP contribution in [0.4, 0.5) is 0 Å². The molecule has 0 N–H and O–H groups in total. The fourth-order valence-electron chi connectivity index (χ4n) is 4.53. The Morgan fingerprint density at radius 3 is 1.03 bits per heavy atom. The molecule has 156 valence electrons. The number of aryl methyl sites for hydroxylation is 5. The second-order valence-corrected chi connectivity index (χ2v) is 8.99. The molecule has 0 atom stereocenters. The molecule has 31 heavy (non-hydrogen) atoms. The molecule has 0 heterocycles. The van der Waals surface area contributed by atoms with Crippen LogP contribution in [0.15, 0.2) is 97.1 Å². The summed E-state index contributed by atoms with van der Waals surface area (Å²) in [6, 6.07) is 36.4. The van der Waals surface area contributed by atoms with E-state index in [9.17, 15) is 0 Å². The minimum atomic E-state index is -0.194. The van der Waals surface area contributed by atoms with Gasteiger partial charge < -0.3 is 0 Å². The molecule has 0 aromatic heterocycles. The third kappa shape index (κ3) is 4.49. The molecule has 0 bridgehead atoms. The van der Waals surface area contributed by atoms with E-state index in [0.29, 0.717) is 0 Å². The number of rotatable bonds is 6. The standard InChI is InChI=1S/C31H32/c1-23-5-13-27(14-6-23)21-22-31(28-15-7-24(2)8-16-28,29-17-9-25(3)10-18-29)30-19-11-26(4)12-20-30/h5-20H,21-22H2,1-4H3. The van der Waals surface area contributed by atoms with Crippen molar-refractivity contribution in [3.63, 3.8) is 0 Å². The van der Waals surface area contributed by atoms with Gasteiger partial charge in [-0.05, 0) is 62.8 Å². The number of hydrogen-bond donors (Lipinski definition) is 0. The Balaban J connectivity index is 1.90. The van der Waals surface area contributed by atoms with E-state index in [1.54, 1.807) is 0 Å². The van der Waals surface area contributed by atoms with E-state index in [1.165, 1.54) is 44.5 Å². The van der Waals surface area contributed by atoms with Crippen molar-refractivity contribution in [2.45, 2.75) is 46.0 Å². The molecule has 0 heteroatoms. The Kier molecular flexibility index (Phi) is 6.09. The summed E-state index contributed by atoms with van der Waals surface area (Å²) in [5.74, 6) is 0. The van der Waals surface area contributed by atoms with Crippen molar-refractivity contribution in [3.8, 4) is 0 Å². The third-order valence-electron chi connectivity index (χ3n) is 6.54. The van der Waals surface area contributed by atoms with Crippen LogP contribution >= 0.6 is 0 Å². The number of hydrogen-bond acceptors (Lipinski definition) is 0. The zero-order valence-electron chi connectivity index (χ0n) is 19.2. The van der Waals surface area contributed by atoms with Crippen LogP contribution in [0, 0.1) is 27.7 Å². The van der Waals surface area contributed by atoms with Crippen LogP contribution in [-0.4, -0.2) is 0 Å². The van der Waals surface area contributed by atoms with Gasteiger partial charge in [0.15, 0.2) is 0 Å². The molecule has 4 rings (SSSR count). The van der Waals surface area contributed by atoms with E-state index in [2.05, 4.69) is 125 Å². The average molecular weight is 405 g/mol. The van der Waals surface area contributed by atoms with E-state index in [4.69, 9.17) is 0 Å². The molecule has 0 nitrogen and oxygen atoms in total. The molecule has 0 aliphatic rings. The van der Waals surface area contributed by atoms with Crippen molar-refractivity contribution in [2.24, 2.45) is 0 Å². The van der Waals surface area contributed by atoms with Crippen molar-refractivity contribution < 1.29 is 0 Å². The van der Waals surface area contributed by atoms with Crippen LogP contribution in [-0.2, 0) is 11.8 Å². The van der Waals surface area contributed by atoms with Gasteiger partial charge in [-0.1, -0.05) is 119 Å². The third-order valence-corrected chi connectivity index (χ3v) is 6.54. The van der Waals surface area contributed by atoms with Gasteiger partial charge in [-0.15, -0.1) is 0 Å². The van der Waals surface area contributed by atoms with Crippen molar-refractivity contribution in [3.05, 3.63) is 142 Å². The normalized spacial score (nSPS) is 11.5. The van der Waals surface area contributed by atoms with Crippen molar-refractivity contribution in [1.82, 2.24) is 0 Å². The minimum Gasteiger partial charge on any atom is -0.0591 e. The lowest BCUT2D eigenvalue weighted by molar-refractivity contribution is 0.559. The van der Waals surface area contributed by atoms with Crippen LogP contribution in [0.25, 0.3) is 0 Å². The highest BCUT2D eigenvalue weighted by Crippen LogP contribution is 2.43. The molecular weight excluding hydrogens is 372 g/mol. The summed E-state index contributed by atoms with van der Waals surface area (Å²) < 4.78 is 0. The average Bonchev–Trinajstić information content (AvgIpc) is 2.78. The van der Waals surface area contributed by atoms with Gasteiger partial charge in [0.2, 0.25) is 0 Å². The highest BCUT2D eigenvalue weighted by molar-refractivity contribution is 5.52. The minimum absolute atomic E-state index is 0.194. The van der Waals surface area contributed by atoms with Gasteiger partial charge >= 0.3 is 0 Å². The Labute approximate surface area is 187 Å². The predicted molar refractivity (Wildman–Crippen MR) is 133 cm³/mol. The summed E-state index contributed by atoms with van der Waals surface area (Å²) in [4.78, 5) is 0. The van der Waals surface area contributed by atoms with Crippen molar-refractivity contribution >= 4 is 0 Å². The molecule has 0 spiro atoms. The van der Waals surface area contributed by atoms with E-state index < -0.39 is 0 Å². The van der Waals surface area contributed by atoms with Gasteiger partial charge in [-0.25, -0.2) is 0 Å². The Morgan fingerprint density at radius 2 is 0.710 bits per heavy atom. The lowest BCUT2D eigenvalue weighted by Crippen LogP contribution is -2.30. The maximum Gasteiger partial charge on any atom is 0.0454 e. The maximum atomic E-state index is 2.32. The molecule has 0 unspecified atom stereocenters. The molecule has 0 amide bonds. The largest absolute Gasteiger partial charge is 0.0591 e. The zero-order valence-corrected chi connectivity index (χ0v) is 19.2. The first-order valence-corrected chi connectivity index (χ1v) is 11.2. The second-order valence-electron chi connectivity index (χ2n) is 8.99. The van der Waals surface area contributed by atoms with E-state index >= 15 is 0 Å². The SMILES string of the molecule is Cc1ccc(CCC(c2ccc(C)cc2)(c2ccc(C)cc2)c2ccc(C)cc2)cc1. The van der Waals surface area contributed by atoms with Gasteiger partial charge in [0.1, 0.15) is 0 Å². The van der Waals surface area contributed by atoms with Crippen LogP contribution in [0.3, 0.4) is 0 Å². The summed E-state index contributed by atoms with van der Waals surface area (Å²) >= 11 is 0. The first kappa shape index (κ1) is 21.1. The summed E-state index contributed by atoms with van der Waals surface area (Å²) in [6.07, 6.45) is 2.04. The maximum absolute atomic E-state index is 2.32. The molecule has 4 aromatic carbocycles. The monoisotopic (exact) mass is 404 g/mol. The Morgan fingerprint density at radius 1 is 0.419 bits per heavy atom. The molecule has 0 aliphatic heterocycles. The molecule has 4 aromatic rings. The van der Waals surface area contributed by atoms with Crippen molar-refractivity contribution in [1.29, 1.82) is 0 Å². The Hall–Kier alpha value is -3.12. The quantitative estimate of drug-likeness (QED) is 0.287. The topological polar surface area (TPSA) is 0 Å². The van der Waals surface area contributed by atoms with Gasteiger partial charge in [0, 0.05) is 5.41 Å². The van der Waals surface area contributed by atoms with Gasteiger partial charge in [0.25, 0.3) is 0 Å². The first-order chi connectivity index (χ1) is 15.0. The summed E-state index contributed by atoms with van der Waals surface area (Å²) in [6.45, 7) is 8.64. The lowest BCUT2D eigenvalue weighted by Gasteiger charge is -2.36. The van der Waals surface area contributed by atoms with Crippen LogP contribution in [0.2, 0.25) is 0 Å². The predicted octanol–water partition coefficient (Wildman–Crippen LogP) is 7.89. The molecular formula is C31H32. The van der Waals surface area contributed by atoms with Crippen molar-refractivity contribution in [2.75, 3.05) is 0 Å². The van der Waals surface area contributed by atoms with Crippen LogP contribution < -0.4 is 0 Å². The first-order valence-electron chi connectivity index (χ1n) is 11.2. The fraction of sp³-hybridized carbons (Fsp3) is 0.226. The summed E-state index contributed by atoms with van der Waals surface area (Å²) in [7, 11) is 0. The zero-order chi connectivity index (χ0) is 21.8. The highest BCUT2D eigenvalue weighted by atomic mass is 14.4. The fourth-order valence-corrected chi connectivity index (χ4v) is 4.53. The molecule has 0 radical (unpaired) electrons. The molecule has 0 aliphatic carbocycles.